The minimum atomic E-state index is -0.620. The van der Waals surface area contributed by atoms with Crippen LogP contribution in [0.2, 0.25) is 0 Å². The summed E-state index contributed by atoms with van der Waals surface area (Å²) >= 11 is 0. The number of piperidine rings is 1. The first-order valence-electron chi connectivity index (χ1n) is 7.00. The van der Waals surface area contributed by atoms with Crippen LogP contribution in [0.5, 0.6) is 0 Å². The zero-order chi connectivity index (χ0) is 12.5. The molecule has 3 atom stereocenters. The van der Waals surface area contributed by atoms with E-state index >= 15 is 0 Å². The molecular weight excluding hydrogens is 214 g/mol. The maximum atomic E-state index is 11.4. The fourth-order valence-corrected chi connectivity index (χ4v) is 3.58. The number of carboxylic acids is 1. The van der Waals surface area contributed by atoms with Crippen molar-refractivity contribution in [3.8, 4) is 0 Å². The average molecular weight is 239 g/mol. The zero-order valence-corrected chi connectivity index (χ0v) is 11.1. The van der Waals surface area contributed by atoms with Gasteiger partial charge in [-0.1, -0.05) is 19.8 Å². The Morgan fingerprint density at radius 1 is 1.29 bits per heavy atom. The van der Waals surface area contributed by atoms with Crippen LogP contribution in [0, 0.1) is 11.3 Å². The molecular formula is C14H25NO2. The van der Waals surface area contributed by atoms with Gasteiger partial charge >= 0.3 is 5.97 Å². The maximum absolute atomic E-state index is 11.4. The standard InChI is InChI=1S/C14H25NO2/c1-11-6-3-4-7-12(11)15-9-5-8-14(2,10-15)13(16)17/h11-12H,3-10H2,1-2H3,(H,16,17). The van der Waals surface area contributed by atoms with Crippen molar-refractivity contribution >= 4 is 5.97 Å². The second-order valence-corrected chi connectivity index (χ2v) is 6.27. The van der Waals surface area contributed by atoms with Gasteiger partial charge in [-0.2, -0.15) is 0 Å². The van der Waals surface area contributed by atoms with Gasteiger partial charge in [0, 0.05) is 12.6 Å². The molecule has 1 saturated carbocycles. The van der Waals surface area contributed by atoms with Crippen LogP contribution in [-0.2, 0) is 4.79 Å². The Morgan fingerprint density at radius 2 is 2.00 bits per heavy atom. The van der Waals surface area contributed by atoms with E-state index in [1.54, 1.807) is 0 Å². The molecule has 0 aromatic rings. The first-order chi connectivity index (χ1) is 8.03. The zero-order valence-electron chi connectivity index (χ0n) is 11.1. The lowest BCUT2D eigenvalue weighted by Crippen LogP contribution is -2.52. The molecule has 2 rings (SSSR count). The molecule has 17 heavy (non-hydrogen) atoms. The molecule has 98 valence electrons. The van der Waals surface area contributed by atoms with Crippen molar-refractivity contribution in [2.24, 2.45) is 11.3 Å². The summed E-state index contributed by atoms with van der Waals surface area (Å²) in [5.41, 5.74) is -0.518. The lowest BCUT2D eigenvalue weighted by molar-refractivity contribution is -0.152. The predicted octanol–water partition coefficient (Wildman–Crippen LogP) is 2.75. The van der Waals surface area contributed by atoms with Crippen molar-refractivity contribution in [3.63, 3.8) is 0 Å². The first-order valence-corrected chi connectivity index (χ1v) is 7.00. The summed E-state index contributed by atoms with van der Waals surface area (Å²) in [5, 5.41) is 9.35. The number of aliphatic carboxylic acids is 1. The van der Waals surface area contributed by atoms with Crippen molar-refractivity contribution in [2.75, 3.05) is 13.1 Å². The van der Waals surface area contributed by atoms with Crippen molar-refractivity contribution in [2.45, 2.75) is 58.4 Å². The highest BCUT2D eigenvalue weighted by atomic mass is 16.4. The molecule has 1 N–H and O–H groups in total. The van der Waals surface area contributed by atoms with Gasteiger partial charge in [-0.05, 0) is 45.1 Å². The minimum Gasteiger partial charge on any atom is -0.481 e. The molecule has 1 aliphatic carbocycles. The van der Waals surface area contributed by atoms with Crippen LogP contribution in [0.25, 0.3) is 0 Å². The number of rotatable bonds is 2. The van der Waals surface area contributed by atoms with Crippen LogP contribution in [0.1, 0.15) is 52.4 Å². The van der Waals surface area contributed by atoms with Crippen LogP contribution >= 0.6 is 0 Å². The largest absolute Gasteiger partial charge is 0.481 e. The van der Waals surface area contributed by atoms with Gasteiger partial charge < -0.3 is 5.11 Å². The van der Waals surface area contributed by atoms with E-state index in [0.717, 1.165) is 31.8 Å². The predicted molar refractivity (Wildman–Crippen MR) is 68.0 cm³/mol. The first kappa shape index (κ1) is 12.9. The summed E-state index contributed by atoms with van der Waals surface area (Å²) in [6.45, 7) is 6.08. The summed E-state index contributed by atoms with van der Waals surface area (Å²) in [6, 6.07) is 0.628. The van der Waals surface area contributed by atoms with E-state index < -0.39 is 11.4 Å². The molecule has 0 radical (unpaired) electrons. The van der Waals surface area contributed by atoms with Crippen LogP contribution in [0.15, 0.2) is 0 Å². The SMILES string of the molecule is CC1CCCCC1N1CCCC(C)(C(=O)O)C1. The van der Waals surface area contributed by atoms with E-state index in [1.165, 1.54) is 25.7 Å². The van der Waals surface area contributed by atoms with Gasteiger partial charge in [0.15, 0.2) is 0 Å². The van der Waals surface area contributed by atoms with E-state index in [1.807, 2.05) is 6.92 Å². The molecule has 1 heterocycles. The number of nitrogens with zero attached hydrogens (tertiary/aromatic N) is 1. The van der Waals surface area contributed by atoms with E-state index in [2.05, 4.69) is 11.8 Å². The molecule has 2 fully saturated rings. The molecule has 0 aromatic carbocycles. The second kappa shape index (κ2) is 4.97. The highest BCUT2D eigenvalue weighted by Gasteiger charge is 2.40. The van der Waals surface area contributed by atoms with E-state index in [0.29, 0.717) is 6.04 Å². The molecule has 3 unspecified atom stereocenters. The van der Waals surface area contributed by atoms with Crippen molar-refractivity contribution in [1.29, 1.82) is 0 Å². The summed E-state index contributed by atoms with van der Waals surface area (Å²) in [5.74, 6) is 0.116. The summed E-state index contributed by atoms with van der Waals surface area (Å²) in [4.78, 5) is 13.8. The topological polar surface area (TPSA) is 40.5 Å². The third-order valence-electron chi connectivity index (χ3n) is 4.78. The quantitative estimate of drug-likeness (QED) is 0.805. The summed E-state index contributed by atoms with van der Waals surface area (Å²) in [6.07, 6.45) is 7.10. The molecule has 1 saturated heterocycles. The van der Waals surface area contributed by atoms with Crippen LogP contribution in [0.3, 0.4) is 0 Å². The van der Waals surface area contributed by atoms with Gasteiger partial charge in [-0.25, -0.2) is 0 Å². The number of hydrogen-bond acceptors (Lipinski definition) is 2. The Balaban J connectivity index is 2.03. The normalized spacial score (nSPS) is 40.1. The number of carbonyl (C=O) groups is 1. The Bertz CT molecular complexity index is 292. The van der Waals surface area contributed by atoms with Gasteiger partial charge in [-0.15, -0.1) is 0 Å². The van der Waals surface area contributed by atoms with E-state index in [9.17, 15) is 9.90 Å². The highest BCUT2D eigenvalue weighted by Crippen LogP contribution is 2.35. The minimum absolute atomic E-state index is 0.518. The molecule has 3 nitrogen and oxygen atoms in total. The van der Waals surface area contributed by atoms with E-state index in [-0.39, 0.29) is 0 Å². The van der Waals surface area contributed by atoms with Crippen molar-refractivity contribution in [1.82, 2.24) is 4.90 Å². The van der Waals surface area contributed by atoms with Gasteiger partial charge in [0.1, 0.15) is 0 Å². The number of likely N-dealkylation sites (tertiary alicyclic amines) is 1. The van der Waals surface area contributed by atoms with Crippen LogP contribution in [-0.4, -0.2) is 35.1 Å². The average Bonchev–Trinajstić information content (AvgIpc) is 2.29. The molecule has 0 aromatic heterocycles. The summed E-state index contributed by atoms with van der Waals surface area (Å²) < 4.78 is 0. The molecule has 3 heteroatoms. The number of carboxylic acid groups (broad SMARTS) is 1. The van der Waals surface area contributed by atoms with Crippen molar-refractivity contribution < 1.29 is 9.90 Å². The highest BCUT2D eigenvalue weighted by molar-refractivity contribution is 5.74. The van der Waals surface area contributed by atoms with E-state index in [4.69, 9.17) is 0 Å². The Labute approximate surface area is 104 Å². The molecule has 1 aliphatic heterocycles. The van der Waals surface area contributed by atoms with Gasteiger partial charge in [-0.3, -0.25) is 9.69 Å². The van der Waals surface area contributed by atoms with Crippen LogP contribution < -0.4 is 0 Å². The Kier molecular flexibility index (Phi) is 3.76. The molecule has 0 spiro atoms. The lowest BCUT2D eigenvalue weighted by atomic mass is 9.78. The van der Waals surface area contributed by atoms with Crippen LogP contribution in [0.4, 0.5) is 0 Å². The Hall–Kier alpha value is -0.570. The third kappa shape index (κ3) is 2.65. The third-order valence-corrected chi connectivity index (χ3v) is 4.78. The summed E-state index contributed by atoms with van der Waals surface area (Å²) in [7, 11) is 0. The monoisotopic (exact) mass is 239 g/mol. The fraction of sp³-hybridized carbons (Fsp3) is 0.929. The van der Waals surface area contributed by atoms with Gasteiger partial charge in [0.2, 0.25) is 0 Å². The lowest BCUT2D eigenvalue weighted by Gasteiger charge is -2.45. The molecule has 0 amide bonds. The van der Waals surface area contributed by atoms with Gasteiger partial charge in [0.25, 0.3) is 0 Å². The maximum Gasteiger partial charge on any atom is 0.310 e. The smallest absolute Gasteiger partial charge is 0.310 e. The van der Waals surface area contributed by atoms with Crippen molar-refractivity contribution in [3.05, 3.63) is 0 Å². The fourth-order valence-electron chi connectivity index (χ4n) is 3.58. The molecule has 2 aliphatic rings. The molecule has 0 bridgehead atoms. The number of hydrogen-bond donors (Lipinski definition) is 1. The second-order valence-electron chi connectivity index (χ2n) is 6.27. The Morgan fingerprint density at radius 3 is 2.65 bits per heavy atom. The van der Waals surface area contributed by atoms with Gasteiger partial charge in [0.05, 0.1) is 5.41 Å².